The van der Waals surface area contributed by atoms with Crippen molar-refractivity contribution in [1.82, 2.24) is 25.2 Å². The number of carboxylic acid groups (broad SMARTS) is 1. The third kappa shape index (κ3) is 3.19. The van der Waals surface area contributed by atoms with Gasteiger partial charge in [0.2, 0.25) is 0 Å². The Labute approximate surface area is 145 Å². The standard InChI is InChI=1S/C17H21N5O3/c1-10(2)18-17(25)21-8-7-13-12(9-21)5-4-6-14(13)22-11(3)15(16(23)24)19-20-22/h4-6,10H,7-9H2,1-3H3,(H,18,25)(H,23,24). The second-order valence-electron chi connectivity index (χ2n) is 6.43. The molecule has 0 atom stereocenters. The minimum Gasteiger partial charge on any atom is -0.476 e. The highest BCUT2D eigenvalue weighted by molar-refractivity contribution is 5.86. The van der Waals surface area contributed by atoms with Crippen LogP contribution in [0, 0.1) is 6.92 Å². The monoisotopic (exact) mass is 343 g/mol. The van der Waals surface area contributed by atoms with Crippen LogP contribution in [0.1, 0.15) is 41.2 Å². The Balaban J connectivity index is 1.92. The van der Waals surface area contributed by atoms with Crippen molar-refractivity contribution >= 4 is 12.0 Å². The summed E-state index contributed by atoms with van der Waals surface area (Å²) in [6, 6.07) is 5.79. The van der Waals surface area contributed by atoms with Crippen molar-refractivity contribution in [1.29, 1.82) is 0 Å². The van der Waals surface area contributed by atoms with E-state index < -0.39 is 5.97 Å². The van der Waals surface area contributed by atoms with Crippen molar-refractivity contribution < 1.29 is 14.7 Å². The van der Waals surface area contributed by atoms with E-state index in [4.69, 9.17) is 5.11 Å². The number of amides is 2. The van der Waals surface area contributed by atoms with E-state index in [0.29, 0.717) is 25.2 Å². The van der Waals surface area contributed by atoms with Gasteiger partial charge in [0, 0.05) is 19.1 Å². The van der Waals surface area contributed by atoms with Crippen LogP contribution in [-0.2, 0) is 13.0 Å². The van der Waals surface area contributed by atoms with Gasteiger partial charge in [-0.2, -0.15) is 0 Å². The van der Waals surface area contributed by atoms with Gasteiger partial charge in [-0.3, -0.25) is 0 Å². The number of nitrogens with zero attached hydrogens (tertiary/aromatic N) is 4. The smallest absolute Gasteiger partial charge is 0.358 e. The number of benzene rings is 1. The maximum atomic E-state index is 12.2. The quantitative estimate of drug-likeness (QED) is 0.884. The van der Waals surface area contributed by atoms with Crippen molar-refractivity contribution in [2.24, 2.45) is 0 Å². The van der Waals surface area contributed by atoms with Gasteiger partial charge in [-0.1, -0.05) is 17.3 Å². The molecule has 8 nitrogen and oxygen atoms in total. The van der Waals surface area contributed by atoms with Crippen LogP contribution in [0.2, 0.25) is 0 Å². The molecular formula is C17H21N5O3. The Morgan fingerprint density at radius 3 is 2.72 bits per heavy atom. The molecule has 0 bridgehead atoms. The van der Waals surface area contributed by atoms with Crippen molar-refractivity contribution in [3.05, 3.63) is 40.7 Å². The minimum absolute atomic E-state index is 0.0497. The Kier molecular flexibility index (Phi) is 4.43. The molecule has 1 aliphatic rings. The lowest BCUT2D eigenvalue weighted by Gasteiger charge is -2.30. The highest BCUT2D eigenvalue weighted by atomic mass is 16.4. The van der Waals surface area contributed by atoms with E-state index in [1.807, 2.05) is 32.0 Å². The minimum atomic E-state index is -1.09. The molecule has 0 spiro atoms. The van der Waals surface area contributed by atoms with Gasteiger partial charge in [0.05, 0.1) is 11.4 Å². The number of nitrogens with one attached hydrogen (secondary N) is 1. The Hall–Kier alpha value is -2.90. The van der Waals surface area contributed by atoms with Crippen molar-refractivity contribution in [2.45, 2.75) is 39.8 Å². The number of fused-ring (bicyclic) bond motifs is 1. The van der Waals surface area contributed by atoms with E-state index in [-0.39, 0.29) is 17.8 Å². The lowest BCUT2D eigenvalue weighted by Crippen LogP contribution is -2.45. The number of rotatable bonds is 3. The fourth-order valence-corrected chi connectivity index (χ4v) is 3.05. The first-order valence-corrected chi connectivity index (χ1v) is 8.20. The molecule has 2 N–H and O–H groups in total. The molecule has 132 valence electrons. The zero-order chi connectivity index (χ0) is 18.1. The molecule has 0 saturated carbocycles. The van der Waals surface area contributed by atoms with Crippen LogP contribution >= 0.6 is 0 Å². The van der Waals surface area contributed by atoms with Gasteiger partial charge in [-0.15, -0.1) is 5.10 Å². The number of aromatic nitrogens is 3. The summed E-state index contributed by atoms with van der Waals surface area (Å²) in [4.78, 5) is 25.2. The fourth-order valence-electron chi connectivity index (χ4n) is 3.05. The zero-order valence-electron chi connectivity index (χ0n) is 14.5. The molecule has 2 amide bonds. The second-order valence-corrected chi connectivity index (χ2v) is 6.43. The molecule has 0 fully saturated rings. The normalized spacial score (nSPS) is 13.7. The summed E-state index contributed by atoms with van der Waals surface area (Å²) in [5.41, 5.74) is 3.36. The average Bonchev–Trinajstić information content (AvgIpc) is 2.94. The Bertz CT molecular complexity index is 828. The largest absolute Gasteiger partial charge is 0.476 e. The summed E-state index contributed by atoms with van der Waals surface area (Å²) >= 11 is 0. The molecule has 0 saturated heterocycles. The van der Waals surface area contributed by atoms with Crippen molar-refractivity contribution in [2.75, 3.05) is 6.54 Å². The molecule has 1 aromatic carbocycles. The first-order valence-electron chi connectivity index (χ1n) is 8.20. The molecule has 1 aliphatic heterocycles. The van der Waals surface area contributed by atoms with E-state index in [0.717, 1.165) is 16.8 Å². The number of carboxylic acids is 1. The Morgan fingerprint density at radius 1 is 1.32 bits per heavy atom. The number of urea groups is 1. The zero-order valence-corrected chi connectivity index (χ0v) is 14.5. The summed E-state index contributed by atoms with van der Waals surface area (Å²) in [5.74, 6) is -1.09. The average molecular weight is 343 g/mol. The maximum absolute atomic E-state index is 12.2. The Morgan fingerprint density at radius 2 is 2.08 bits per heavy atom. The summed E-state index contributed by atoms with van der Waals surface area (Å²) < 4.78 is 1.56. The van der Waals surface area contributed by atoms with Gasteiger partial charge < -0.3 is 15.3 Å². The second kappa shape index (κ2) is 6.54. The third-order valence-corrected chi connectivity index (χ3v) is 4.27. The SMILES string of the molecule is Cc1c(C(=O)O)nnn1-c1cccc2c1CCN(C(=O)NC(C)C)C2. The summed E-state index contributed by atoms with van der Waals surface area (Å²) in [6.45, 7) is 6.67. The summed E-state index contributed by atoms with van der Waals surface area (Å²) in [5, 5.41) is 19.8. The first-order chi connectivity index (χ1) is 11.9. The number of hydrogen-bond donors (Lipinski definition) is 2. The molecule has 2 aromatic rings. The van der Waals surface area contributed by atoms with E-state index in [9.17, 15) is 9.59 Å². The van der Waals surface area contributed by atoms with Crippen molar-refractivity contribution in [3.63, 3.8) is 0 Å². The highest BCUT2D eigenvalue weighted by Gasteiger charge is 2.25. The van der Waals surface area contributed by atoms with Crippen LogP contribution in [0.25, 0.3) is 5.69 Å². The van der Waals surface area contributed by atoms with Crippen LogP contribution in [0.4, 0.5) is 4.79 Å². The van der Waals surface area contributed by atoms with Crippen LogP contribution in [-0.4, -0.2) is 49.6 Å². The van der Waals surface area contributed by atoms with E-state index >= 15 is 0 Å². The lowest BCUT2D eigenvalue weighted by atomic mass is 9.98. The predicted octanol–water partition coefficient (Wildman–Crippen LogP) is 1.75. The van der Waals surface area contributed by atoms with Gasteiger partial charge in [-0.05, 0) is 44.4 Å². The van der Waals surface area contributed by atoms with Gasteiger partial charge in [0.25, 0.3) is 0 Å². The molecule has 2 heterocycles. The lowest BCUT2D eigenvalue weighted by molar-refractivity contribution is 0.0689. The van der Waals surface area contributed by atoms with E-state index in [1.54, 1.807) is 16.5 Å². The first kappa shape index (κ1) is 16.9. The van der Waals surface area contributed by atoms with Gasteiger partial charge in [-0.25, -0.2) is 14.3 Å². The molecular weight excluding hydrogens is 322 g/mol. The molecule has 3 rings (SSSR count). The maximum Gasteiger partial charge on any atom is 0.358 e. The topological polar surface area (TPSA) is 100 Å². The number of aromatic carboxylic acids is 1. The van der Waals surface area contributed by atoms with Gasteiger partial charge >= 0.3 is 12.0 Å². The molecule has 8 heteroatoms. The molecule has 0 aliphatic carbocycles. The third-order valence-electron chi connectivity index (χ3n) is 4.27. The molecule has 0 radical (unpaired) electrons. The molecule has 1 aromatic heterocycles. The van der Waals surface area contributed by atoms with Crippen LogP contribution in [0.15, 0.2) is 18.2 Å². The van der Waals surface area contributed by atoms with E-state index in [2.05, 4.69) is 15.6 Å². The number of hydrogen-bond acceptors (Lipinski definition) is 4. The van der Waals surface area contributed by atoms with Crippen LogP contribution < -0.4 is 5.32 Å². The van der Waals surface area contributed by atoms with Crippen molar-refractivity contribution in [3.8, 4) is 5.69 Å². The van der Waals surface area contributed by atoms with E-state index in [1.165, 1.54) is 0 Å². The van der Waals surface area contributed by atoms with Crippen LogP contribution in [0.5, 0.6) is 0 Å². The molecule has 0 unspecified atom stereocenters. The van der Waals surface area contributed by atoms with Gasteiger partial charge in [0.1, 0.15) is 0 Å². The number of carbonyl (C=O) groups is 2. The summed E-state index contributed by atoms with van der Waals surface area (Å²) in [6.07, 6.45) is 0.679. The fraction of sp³-hybridized carbons (Fsp3) is 0.412. The van der Waals surface area contributed by atoms with Crippen LogP contribution in [0.3, 0.4) is 0 Å². The van der Waals surface area contributed by atoms with Gasteiger partial charge in [0.15, 0.2) is 5.69 Å². The number of carbonyl (C=O) groups excluding carboxylic acids is 1. The molecule has 25 heavy (non-hydrogen) atoms. The highest BCUT2D eigenvalue weighted by Crippen LogP contribution is 2.26. The summed E-state index contributed by atoms with van der Waals surface area (Å²) in [7, 11) is 0. The predicted molar refractivity (Wildman–Crippen MR) is 90.8 cm³/mol.